The van der Waals surface area contributed by atoms with E-state index in [1.807, 2.05) is 24.3 Å². The van der Waals surface area contributed by atoms with Gasteiger partial charge in [-0.2, -0.15) is 10.5 Å². The Morgan fingerprint density at radius 1 is 0.353 bits per heavy atom. The van der Waals surface area contributed by atoms with Crippen LogP contribution in [-0.4, -0.2) is 14.1 Å². The molecule has 0 atom stereocenters. The van der Waals surface area contributed by atoms with Crippen LogP contribution in [0, 0.1) is 36.5 Å². The maximum Gasteiger partial charge on any atom is 0.101 e. The predicted octanol–water partition coefficient (Wildman–Crippen LogP) is 16.0. The predicted molar refractivity (Wildman–Crippen MR) is 279 cm³/mol. The van der Waals surface area contributed by atoms with Crippen molar-refractivity contribution in [3.8, 4) is 79.4 Å². The second kappa shape index (κ2) is 16.3. The van der Waals surface area contributed by atoms with Crippen molar-refractivity contribution in [1.82, 2.24) is 14.1 Å². The number of aryl methyl sites for hydroxylation is 2. The Morgan fingerprint density at radius 2 is 0.838 bits per heavy atom. The number of nitrogens with zero attached hydrogens (tertiary/aromatic N) is 5. The fraction of sp³-hybridized carbons (Fsp3) is 0.0317. The van der Waals surface area contributed by atoms with Crippen molar-refractivity contribution in [3.05, 3.63) is 235 Å². The van der Waals surface area contributed by atoms with Crippen LogP contribution in [0.4, 0.5) is 0 Å². The highest BCUT2D eigenvalue weighted by atomic mass is 15.0. The molecule has 3 heterocycles. The highest BCUT2D eigenvalue weighted by Gasteiger charge is 2.29. The molecule has 12 aromatic rings. The second-order valence-electron chi connectivity index (χ2n) is 17.4. The van der Waals surface area contributed by atoms with E-state index < -0.39 is 0 Å². The Balaban J connectivity index is 1.29. The molecule has 0 saturated heterocycles. The first-order valence-electron chi connectivity index (χ1n) is 22.8. The molecule has 0 aliphatic heterocycles. The summed E-state index contributed by atoms with van der Waals surface area (Å²) in [4.78, 5) is 5.99. The Kier molecular flexibility index (Phi) is 9.64. The van der Waals surface area contributed by atoms with Crippen molar-refractivity contribution >= 4 is 43.6 Å². The molecule has 0 spiro atoms. The van der Waals surface area contributed by atoms with Crippen molar-refractivity contribution in [2.75, 3.05) is 0 Å². The number of pyridine rings is 1. The Labute approximate surface area is 394 Å². The van der Waals surface area contributed by atoms with Gasteiger partial charge < -0.3 is 9.13 Å². The van der Waals surface area contributed by atoms with E-state index in [1.54, 1.807) is 6.07 Å². The van der Waals surface area contributed by atoms with Crippen LogP contribution in [0.15, 0.2) is 212 Å². The first kappa shape index (κ1) is 40.2. The number of hydrogen-bond acceptors (Lipinski definition) is 3. The van der Waals surface area contributed by atoms with Gasteiger partial charge in [-0.1, -0.05) is 163 Å². The molecule has 68 heavy (non-hydrogen) atoms. The zero-order valence-electron chi connectivity index (χ0n) is 37.4. The molecular weight excluding hydrogens is 827 g/mol. The van der Waals surface area contributed by atoms with E-state index in [0.717, 1.165) is 89.3 Å². The van der Waals surface area contributed by atoms with Gasteiger partial charge in [0, 0.05) is 54.9 Å². The van der Waals surface area contributed by atoms with Gasteiger partial charge in [0.05, 0.1) is 56.0 Å². The van der Waals surface area contributed by atoms with Gasteiger partial charge >= 0.3 is 0 Å². The standard InChI is InChI=1S/C63H41N5/c1-40-29-33-57-51(35-40)47-21-9-13-25-53(47)67(57)55-27-15-11-23-49(55)61-59(44-31-32-45(38-64)46(37-44)39-65)60(42-17-5-3-6-18-42)63(66-62(61)43-19-7-4-8-20-43)50-24-12-16-28-56(50)68-54-26-14-10-22-48(54)52-36-41(2)30-34-58(52)68/h3-37H,1-2H3. The molecule has 5 nitrogen and oxygen atoms in total. The highest BCUT2D eigenvalue weighted by Crippen LogP contribution is 2.52. The second-order valence-corrected chi connectivity index (χ2v) is 17.4. The van der Waals surface area contributed by atoms with Crippen LogP contribution in [-0.2, 0) is 0 Å². The molecule has 0 N–H and O–H groups in total. The summed E-state index contributed by atoms with van der Waals surface area (Å²) in [5.74, 6) is 0. The molecule has 0 amide bonds. The average Bonchev–Trinajstić information content (AvgIpc) is 3.90. The largest absolute Gasteiger partial charge is 0.309 e. The van der Waals surface area contributed by atoms with Crippen molar-refractivity contribution in [3.63, 3.8) is 0 Å². The van der Waals surface area contributed by atoms with Crippen LogP contribution >= 0.6 is 0 Å². The third-order valence-corrected chi connectivity index (χ3v) is 13.3. The van der Waals surface area contributed by atoms with Crippen molar-refractivity contribution in [2.24, 2.45) is 0 Å². The van der Waals surface area contributed by atoms with Crippen LogP contribution in [0.3, 0.4) is 0 Å². The van der Waals surface area contributed by atoms with Gasteiger partial charge in [-0.05, 0) is 85.6 Å². The lowest BCUT2D eigenvalue weighted by Crippen LogP contribution is -2.06. The van der Waals surface area contributed by atoms with Crippen molar-refractivity contribution < 1.29 is 0 Å². The summed E-state index contributed by atoms with van der Waals surface area (Å²) >= 11 is 0. The van der Waals surface area contributed by atoms with Crippen LogP contribution in [0.25, 0.3) is 111 Å². The van der Waals surface area contributed by atoms with E-state index >= 15 is 0 Å². The fourth-order valence-corrected chi connectivity index (χ4v) is 10.4. The van der Waals surface area contributed by atoms with Gasteiger partial charge in [0.25, 0.3) is 0 Å². The highest BCUT2D eigenvalue weighted by molar-refractivity contribution is 6.13. The van der Waals surface area contributed by atoms with Crippen molar-refractivity contribution in [1.29, 1.82) is 10.5 Å². The lowest BCUT2D eigenvalue weighted by Gasteiger charge is -2.26. The minimum atomic E-state index is 0.307. The van der Waals surface area contributed by atoms with E-state index in [2.05, 4.69) is 217 Å². The van der Waals surface area contributed by atoms with Gasteiger partial charge in [0.15, 0.2) is 0 Å². The third kappa shape index (κ3) is 6.41. The zero-order chi connectivity index (χ0) is 45.9. The van der Waals surface area contributed by atoms with Gasteiger partial charge in [-0.15, -0.1) is 0 Å². The quantitative estimate of drug-likeness (QED) is 0.160. The number of nitriles is 2. The fourth-order valence-electron chi connectivity index (χ4n) is 10.4. The smallest absolute Gasteiger partial charge is 0.101 e. The molecule has 0 aliphatic rings. The minimum absolute atomic E-state index is 0.307. The maximum absolute atomic E-state index is 10.7. The van der Waals surface area contributed by atoms with Crippen LogP contribution in [0.1, 0.15) is 22.3 Å². The molecule has 5 heteroatoms. The van der Waals surface area contributed by atoms with Gasteiger partial charge in [0.1, 0.15) is 12.1 Å². The molecule has 0 saturated carbocycles. The SMILES string of the molecule is Cc1ccc2c(c1)c1ccccc1n2-c1ccccc1-c1nc(-c2ccccc2)c(-c2ccccc2-n2c3ccccc3c3cc(C)ccc32)c(-c2ccc(C#N)c(C#N)c2)c1-c1ccccc1. The first-order valence-corrected chi connectivity index (χ1v) is 22.8. The van der Waals surface area contributed by atoms with Gasteiger partial charge in [-0.25, -0.2) is 4.98 Å². The molecule has 0 aliphatic carbocycles. The molecule has 3 aromatic heterocycles. The van der Waals surface area contributed by atoms with Crippen LogP contribution < -0.4 is 0 Å². The number of para-hydroxylation sites is 4. The van der Waals surface area contributed by atoms with E-state index in [4.69, 9.17) is 4.98 Å². The molecule has 9 aromatic carbocycles. The van der Waals surface area contributed by atoms with E-state index in [1.165, 1.54) is 32.7 Å². The average molecular weight is 868 g/mol. The van der Waals surface area contributed by atoms with Crippen LogP contribution in [0.2, 0.25) is 0 Å². The third-order valence-electron chi connectivity index (χ3n) is 13.3. The zero-order valence-corrected chi connectivity index (χ0v) is 37.4. The van der Waals surface area contributed by atoms with Crippen molar-refractivity contribution in [2.45, 2.75) is 13.8 Å². The van der Waals surface area contributed by atoms with Crippen LogP contribution in [0.5, 0.6) is 0 Å². The Hall–Kier alpha value is -9.29. The molecule has 0 bridgehead atoms. The summed E-state index contributed by atoms with van der Waals surface area (Å²) in [6, 6.07) is 79.0. The maximum atomic E-state index is 10.7. The van der Waals surface area contributed by atoms with E-state index in [0.29, 0.717) is 11.1 Å². The Morgan fingerprint density at radius 3 is 1.43 bits per heavy atom. The summed E-state index contributed by atoms with van der Waals surface area (Å²) in [6.45, 7) is 4.29. The van der Waals surface area contributed by atoms with E-state index in [9.17, 15) is 10.5 Å². The summed E-state index contributed by atoms with van der Waals surface area (Å²) in [5.41, 5.74) is 18.3. The topological polar surface area (TPSA) is 70.3 Å². The number of hydrogen-bond donors (Lipinski definition) is 0. The number of fused-ring (bicyclic) bond motifs is 6. The minimum Gasteiger partial charge on any atom is -0.309 e. The first-order chi connectivity index (χ1) is 33.5. The van der Waals surface area contributed by atoms with Gasteiger partial charge in [0.2, 0.25) is 0 Å². The normalized spacial score (nSPS) is 11.4. The summed E-state index contributed by atoms with van der Waals surface area (Å²) in [5, 5.41) is 25.6. The number of aromatic nitrogens is 3. The molecule has 0 radical (unpaired) electrons. The van der Waals surface area contributed by atoms with Gasteiger partial charge in [-0.3, -0.25) is 0 Å². The lowest BCUT2D eigenvalue weighted by atomic mass is 9.82. The molecule has 0 unspecified atom stereocenters. The summed E-state index contributed by atoms with van der Waals surface area (Å²) in [6.07, 6.45) is 0. The Bertz CT molecular complexity index is 4070. The lowest BCUT2D eigenvalue weighted by molar-refractivity contribution is 1.17. The number of rotatable bonds is 7. The van der Waals surface area contributed by atoms with E-state index in [-0.39, 0.29) is 0 Å². The summed E-state index contributed by atoms with van der Waals surface area (Å²) in [7, 11) is 0. The molecular formula is C63H41N5. The molecule has 318 valence electrons. The monoisotopic (exact) mass is 867 g/mol. The summed E-state index contributed by atoms with van der Waals surface area (Å²) < 4.78 is 4.76. The molecule has 12 rings (SSSR count). The number of benzene rings is 9. The molecule has 0 fully saturated rings.